The van der Waals surface area contributed by atoms with Crippen molar-refractivity contribution in [1.29, 1.82) is 0 Å². The first-order valence-corrected chi connectivity index (χ1v) is 10.3. The van der Waals surface area contributed by atoms with Gasteiger partial charge >= 0.3 is 17.9 Å². The van der Waals surface area contributed by atoms with Crippen molar-refractivity contribution in [1.82, 2.24) is 0 Å². The van der Waals surface area contributed by atoms with Gasteiger partial charge in [0.15, 0.2) is 0 Å². The largest absolute Gasteiger partial charge is 0.469 e. The van der Waals surface area contributed by atoms with Gasteiger partial charge < -0.3 is 14.2 Å². The molecular formula is C23H42O6. The predicted molar refractivity (Wildman–Crippen MR) is 113 cm³/mol. The lowest BCUT2D eigenvalue weighted by Crippen LogP contribution is -2.40. The van der Waals surface area contributed by atoms with E-state index in [4.69, 9.17) is 9.47 Å². The van der Waals surface area contributed by atoms with Crippen LogP contribution in [0.5, 0.6) is 0 Å². The Morgan fingerprint density at radius 3 is 1.55 bits per heavy atom. The van der Waals surface area contributed by atoms with Crippen LogP contribution >= 0.6 is 0 Å². The Morgan fingerprint density at radius 2 is 1.17 bits per heavy atom. The smallest absolute Gasteiger partial charge is 0.317 e. The van der Waals surface area contributed by atoms with Crippen LogP contribution in [0, 0.1) is 16.7 Å². The van der Waals surface area contributed by atoms with E-state index < -0.39 is 29.6 Å². The maximum atomic E-state index is 13.0. The van der Waals surface area contributed by atoms with E-state index in [0.29, 0.717) is 12.8 Å². The number of carbonyl (C=O) groups excluding carboxylic acids is 3. The van der Waals surface area contributed by atoms with E-state index in [0.717, 1.165) is 6.42 Å². The molecule has 6 nitrogen and oxygen atoms in total. The normalized spacial score (nSPS) is 14.2. The number of ether oxygens (including phenoxy) is 3. The number of hydrogen-bond acceptors (Lipinski definition) is 6. The minimum Gasteiger partial charge on any atom is -0.469 e. The molecular weight excluding hydrogens is 372 g/mol. The van der Waals surface area contributed by atoms with Gasteiger partial charge in [-0.2, -0.15) is 0 Å². The molecule has 0 aromatic heterocycles. The molecule has 0 rings (SSSR count). The SMILES string of the molecule is COC(=O)CC(=O)OC(C)(C)CCC(C)(C)OC(=O)C(CC(C)(C)C)C(C)(C)C. The summed E-state index contributed by atoms with van der Waals surface area (Å²) in [5.41, 5.74) is -1.69. The number of methoxy groups -OCH3 is 1. The maximum Gasteiger partial charge on any atom is 0.317 e. The van der Waals surface area contributed by atoms with Crippen molar-refractivity contribution in [3.63, 3.8) is 0 Å². The number of hydrogen-bond donors (Lipinski definition) is 0. The van der Waals surface area contributed by atoms with Crippen molar-refractivity contribution < 1.29 is 28.6 Å². The Hall–Kier alpha value is -1.59. The highest BCUT2D eigenvalue weighted by Crippen LogP contribution is 2.38. The minimum absolute atomic E-state index is 0.0109. The molecule has 0 aliphatic carbocycles. The standard InChI is InChI=1S/C23H42O6/c1-20(2,3)15-16(21(4,5)6)19(26)29-23(9,10)13-12-22(7,8)28-18(25)14-17(24)27-11/h16H,12-15H2,1-11H3. The highest BCUT2D eigenvalue weighted by atomic mass is 16.6. The van der Waals surface area contributed by atoms with Crippen molar-refractivity contribution in [2.45, 2.75) is 106 Å². The molecule has 0 spiro atoms. The Morgan fingerprint density at radius 1 is 0.724 bits per heavy atom. The average molecular weight is 415 g/mol. The molecule has 1 atom stereocenters. The summed E-state index contributed by atoms with van der Waals surface area (Å²) in [6, 6.07) is 0. The van der Waals surface area contributed by atoms with E-state index in [1.54, 1.807) is 13.8 Å². The summed E-state index contributed by atoms with van der Waals surface area (Å²) in [4.78, 5) is 36.0. The third-order valence-electron chi connectivity index (χ3n) is 4.76. The van der Waals surface area contributed by atoms with Crippen LogP contribution in [0.4, 0.5) is 0 Å². The zero-order valence-electron chi connectivity index (χ0n) is 20.4. The van der Waals surface area contributed by atoms with E-state index in [1.807, 2.05) is 13.8 Å². The monoisotopic (exact) mass is 414 g/mol. The quantitative estimate of drug-likeness (QED) is 0.298. The number of rotatable bonds is 9. The Kier molecular flexibility index (Phi) is 9.40. The molecule has 0 aliphatic heterocycles. The van der Waals surface area contributed by atoms with Crippen molar-refractivity contribution in [2.75, 3.05) is 7.11 Å². The molecule has 0 amide bonds. The van der Waals surface area contributed by atoms with Gasteiger partial charge in [-0.15, -0.1) is 0 Å². The number of carbonyl (C=O) groups is 3. The van der Waals surface area contributed by atoms with Gasteiger partial charge in [0, 0.05) is 0 Å². The second-order valence-electron chi connectivity index (χ2n) is 11.4. The second kappa shape index (κ2) is 9.94. The van der Waals surface area contributed by atoms with Gasteiger partial charge in [-0.25, -0.2) is 0 Å². The molecule has 0 heterocycles. The van der Waals surface area contributed by atoms with Crippen molar-refractivity contribution >= 4 is 17.9 Å². The second-order valence-corrected chi connectivity index (χ2v) is 11.4. The van der Waals surface area contributed by atoms with Gasteiger partial charge in [0.25, 0.3) is 0 Å². The molecule has 0 aromatic rings. The summed E-state index contributed by atoms with van der Waals surface area (Å²) in [6.45, 7) is 19.8. The van der Waals surface area contributed by atoms with Gasteiger partial charge in [0.05, 0.1) is 13.0 Å². The third-order valence-corrected chi connectivity index (χ3v) is 4.76. The van der Waals surface area contributed by atoms with Crippen LogP contribution in [0.25, 0.3) is 0 Å². The molecule has 170 valence electrons. The fourth-order valence-electron chi connectivity index (χ4n) is 2.94. The molecule has 0 N–H and O–H groups in total. The van der Waals surface area contributed by atoms with E-state index >= 15 is 0 Å². The molecule has 0 saturated heterocycles. The number of esters is 3. The van der Waals surface area contributed by atoms with Gasteiger partial charge in [0.1, 0.15) is 17.6 Å². The molecule has 0 aromatic carbocycles. The Labute approximate surface area is 177 Å². The Balaban J connectivity index is 4.97. The molecule has 0 fully saturated rings. The molecule has 29 heavy (non-hydrogen) atoms. The summed E-state index contributed by atoms with van der Waals surface area (Å²) in [6.07, 6.45) is 1.32. The summed E-state index contributed by atoms with van der Waals surface area (Å²) in [7, 11) is 1.22. The molecule has 1 unspecified atom stereocenters. The predicted octanol–water partition coefficient (Wildman–Crippen LogP) is 5.07. The van der Waals surface area contributed by atoms with Crippen LogP contribution in [0.2, 0.25) is 0 Å². The van der Waals surface area contributed by atoms with Crippen LogP contribution in [0.1, 0.15) is 94.9 Å². The first-order chi connectivity index (χ1) is 12.8. The topological polar surface area (TPSA) is 78.9 Å². The minimum atomic E-state index is -0.788. The van der Waals surface area contributed by atoms with Gasteiger partial charge in [-0.1, -0.05) is 41.5 Å². The molecule has 6 heteroatoms. The van der Waals surface area contributed by atoms with Crippen LogP contribution in [0.3, 0.4) is 0 Å². The van der Waals surface area contributed by atoms with E-state index in [9.17, 15) is 14.4 Å². The van der Waals surface area contributed by atoms with Crippen LogP contribution in [0.15, 0.2) is 0 Å². The molecule has 0 bridgehead atoms. The average Bonchev–Trinajstić information content (AvgIpc) is 2.47. The van der Waals surface area contributed by atoms with Gasteiger partial charge in [-0.3, -0.25) is 14.4 Å². The lowest BCUT2D eigenvalue weighted by Gasteiger charge is -2.37. The highest BCUT2D eigenvalue weighted by Gasteiger charge is 2.39. The Bertz CT molecular complexity index is 575. The van der Waals surface area contributed by atoms with Crippen LogP contribution in [-0.2, 0) is 28.6 Å². The van der Waals surface area contributed by atoms with Crippen molar-refractivity contribution in [2.24, 2.45) is 16.7 Å². The fraction of sp³-hybridized carbons (Fsp3) is 0.870. The van der Waals surface area contributed by atoms with Crippen LogP contribution in [-0.4, -0.2) is 36.2 Å². The lowest BCUT2D eigenvalue weighted by molar-refractivity contribution is -0.172. The zero-order chi connectivity index (χ0) is 23.3. The first-order valence-electron chi connectivity index (χ1n) is 10.3. The van der Waals surface area contributed by atoms with Crippen LogP contribution < -0.4 is 0 Å². The summed E-state index contributed by atoms with van der Waals surface area (Å²) in [5, 5.41) is 0. The first kappa shape index (κ1) is 27.4. The fourth-order valence-corrected chi connectivity index (χ4v) is 2.94. The van der Waals surface area contributed by atoms with Crippen molar-refractivity contribution in [3.8, 4) is 0 Å². The van der Waals surface area contributed by atoms with E-state index in [2.05, 4.69) is 46.3 Å². The molecule has 0 radical (unpaired) electrons. The highest BCUT2D eigenvalue weighted by molar-refractivity contribution is 5.91. The van der Waals surface area contributed by atoms with Crippen molar-refractivity contribution in [3.05, 3.63) is 0 Å². The lowest BCUT2D eigenvalue weighted by atomic mass is 9.72. The van der Waals surface area contributed by atoms with E-state index in [-0.39, 0.29) is 22.7 Å². The van der Waals surface area contributed by atoms with Gasteiger partial charge in [0.2, 0.25) is 0 Å². The summed E-state index contributed by atoms with van der Waals surface area (Å²) in [5.74, 6) is -1.67. The third kappa shape index (κ3) is 11.9. The molecule has 0 saturated carbocycles. The summed E-state index contributed by atoms with van der Waals surface area (Å²) < 4.78 is 15.8. The summed E-state index contributed by atoms with van der Waals surface area (Å²) >= 11 is 0. The maximum absolute atomic E-state index is 13.0. The van der Waals surface area contributed by atoms with E-state index in [1.165, 1.54) is 7.11 Å². The molecule has 0 aliphatic rings. The van der Waals surface area contributed by atoms with Gasteiger partial charge in [-0.05, 0) is 57.8 Å². The zero-order valence-corrected chi connectivity index (χ0v) is 20.4.